The summed E-state index contributed by atoms with van der Waals surface area (Å²) in [5.74, 6) is -0.116. The highest BCUT2D eigenvalue weighted by Gasteiger charge is 2.09. The number of hydrogen-bond donors (Lipinski definition) is 1. The largest absolute Gasteiger partial charge is 0.321 e. The molecule has 2 heteroatoms. The van der Waals surface area contributed by atoms with E-state index >= 15 is 0 Å². The number of benzene rings is 2. The van der Waals surface area contributed by atoms with Gasteiger partial charge in [0.2, 0.25) is 0 Å². The molecule has 0 unspecified atom stereocenters. The molecule has 0 fully saturated rings. The summed E-state index contributed by atoms with van der Waals surface area (Å²) < 4.78 is 0. The van der Waals surface area contributed by atoms with Crippen molar-refractivity contribution in [2.24, 2.45) is 0 Å². The number of rotatable bonds is 4. The number of carbonyl (C=O) groups is 1. The van der Waals surface area contributed by atoms with E-state index in [1.54, 1.807) is 12.1 Å². The van der Waals surface area contributed by atoms with Gasteiger partial charge in [0, 0.05) is 17.3 Å². The van der Waals surface area contributed by atoms with Gasteiger partial charge < -0.3 is 5.32 Å². The van der Waals surface area contributed by atoms with Crippen LogP contribution in [0.4, 0.5) is 5.69 Å². The summed E-state index contributed by atoms with van der Waals surface area (Å²) in [5, 5.41) is 2.83. The number of allylic oxidation sites excluding steroid dienone is 1. The number of nitrogens with one attached hydrogen (secondary N) is 1. The van der Waals surface area contributed by atoms with Gasteiger partial charge in [-0.1, -0.05) is 42.5 Å². The molecular formula is C16H14NO. The zero-order chi connectivity index (χ0) is 12.8. The third kappa shape index (κ3) is 2.86. The van der Waals surface area contributed by atoms with Crippen molar-refractivity contribution >= 4 is 11.6 Å². The average Bonchev–Trinajstić information content (AvgIpc) is 2.41. The van der Waals surface area contributed by atoms with E-state index in [1.807, 2.05) is 42.5 Å². The minimum absolute atomic E-state index is 0.116. The fraction of sp³-hybridized carbons (Fsp3) is 0.0625. The third-order valence-electron chi connectivity index (χ3n) is 2.58. The minimum Gasteiger partial charge on any atom is -0.321 e. The van der Waals surface area contributed by atoms with E-state index < -0.39 is 0 Å². The second-order valence-electron chi connectivity index (χ2n) is 3.88. The van der Waals surface area contributed by atoms with Crippen LogP contribution in [0.2, 0.25) is 0 Å². The maximum absolute atomic E-state index is 12.1. The molecule has 89 valence electrons. The van der Waals surface area contributed by atoms with Gasteiger partial charge in [-0.3, -0.25) is 4.79 Å². The van der Waals surface area contributed by atoms with Crippen LogP contribution in [0, 0.1) is 6.07 Å². The van der Waals surface area contributed by atoms with Crippen molar-refractivity contribution in [2.45, 2.75) is 6.42 Å². The van der Waals surface area contributed by atoms with Gasteiger partial charge in [0.05, 0.1) is 0 Å². The van der Waals surface area contributed by atoms with Crippen LogP contribution in [0.25, 0.3) is 0 Å². The van der Waals surface area contributed by atoms with Crippen molar-refractivity contribution in [3.05, 3.63) is 78.4 Å². The summed E-state index contributed by atoms with van der Waals surface area (Å²) in [5.41, 5.74) is 2.33. The Morgan fingerprint density at radius 2 is 2.00 bits per heavy atom. The van der Waals surface area contributed by atoms with Crippen LogP contribution < -0.4 is 5.32 Å². The highest BCUT2D eigenvalue weighted by atomic mass is 16.1. The first-order valence-electron chi connectivity index (χ1n) is 5.78. The second kappa shape index (κ2) is 5.82. The van der Waals surface area contributed by atoms with Gasteiger partial charge in [-0.15, -0.1) is 6.58 Å². The number of amides is 1. The van der Waals surface area contributed by atoms with Gasteiger partial charge in [-0.05, 0) is 24.1 Å². The van der Waals surface area contributed by atoms with Crippen molar-refractivity contribution in [1.29, 1.82) is 0 Å². The molecule has 1 amide bonds. The summed E-state index contributed by atoms with van der Waals surface area (Å²) in [6, 6.07) is 17.8. The lowest BCUT2D eigenvalue weighted by atomic mass is 10.0. The van der Waals surface area contributed by atoms with Crippen molar-refractivity contribution in [2.75, 3.05) is 5.32 Å². The van der Waals surface area contributed by atoms with Crippen molar-refractivity contribution in [1.82, 2.24) is 0 Å². The summed E-state index contributed by atoms with van der Waals surface area (Å²) in [7, 11) is 0. The van der Waals surface area contributed by atoms with Gasteiger partial charge in [0.15, 0.2) is 0 Å². The van der Waals surface area contributed by atoms with Gasteiger partial charge in [0.25, 0.3) is 5.91 Å². The molecule has 0 aliphatic carbocycles. The van der Waals surface area contributed by atoms with E-state index in [0.29, 0.717) is 17.7 Å². The van der Waals surface area contributed by atoms with Crippen LogP contribution in [-0.4, -0.2) is 5.91 Å². The van der Waals surface area contributed by atoms with E-state index in [9.17, 15) is 4.79 Å². The lowest BCUT2D eigenvalue weighted by Gasteiger charge is -2.08. The normalized spacial score (nSPS) is 9.78. The molecular weight excluding hydrogens is 222 g/mol. The Morgan fingerprint density at radius 1 is 1.22 bits per heavy atom. The maximum Gasteiger partial charge on any atom is 0.255 e. The molecule has 0 spiro atoms. The van der Waals surface area contributed by atoms with Crippen molar-refractivity contribution in [3.63, 3.8) is 0 Å². The zero-order valence-electron chi connectivity index (χ0n) is 10.0. The van der Waals surface area contributed by atoms with Crippen LogP contribution in [0.15, 0.2) is 61.2 Å². The first-order chi connectivity index (χ1) is 8.81. The van der Waals surface area contributed by atoms with E-state index in [2.05, 4.69) is 18.0 Å². The second-order valence-corrected chi connectivity index (χ2v) is 3.88. The van der Waals surface area contributed by atoms with Crippen LogP contribution in [-0.2, 0) is 6.42 Å². The smallest absolute Gasteiger partial charge is 0.255 e. The lowest BCUT2D eigenvalue weighted by molar-refractivity contribution is 0.102. The molecule has 1 N–H and O–H groups in total. The third-order valence-corrected chi connectivity index (χ3v) is 2.58. The molecule has 0 aliphatic rings. The molecule has 2 aromatic carbocycles. The minimum atomic E-state index is -0.116. The van der Waals surface area contributed by atoms with Crippen molar-refractivity contribution in [3.8, 4) is 0 Å². The molecule has 0 aliphatic heterocycles. The van der Waals surface area contributed by atoms with Gasteiger partial charge in [-0.2, -0.15) is 0 Å². The number of anilines is 1. The van der Waals surface area contributed by atoms with Gasteiger partial charge in [0.1, 0.15) is 0 Å². The van der Waals surface area contributed by atoms with Crippen LogP contribution >= 0.6 is 0 Å². The number of hydrogen-bond acceptors (Lipinski definition) is 1. The lowest BCUT2D eigenvalue weighted by Crippen LogP contribution is -2.14. The Kier molecular flexibility index (Phi) is 3.92. The highest BCUT2D eigenvalue weighted by molar-refractivity contribution is 6.05. The van der Waals surface area contributed by atoms with Crippen LogP contribution in [0.5, 0.6) is 0 Å². The van der Waals surface area contributed by atoms with E-state index in [-0.39, 0.29) is 5.91 Å². The molecule has 0 bridgehead atoms. The van der Waals surface area contributed by atoms with Crippen molar-refractivity contribution < 1.29 is 4.79 Å². The van der Waals surface area contributed by atoms with Crippen LogP contribution in [0.3, 0.4) is 0 Å². The fourth-order valence-electron chi connectivity index (χ4n) is 1.74. The monoisotopic (exact) mass is 236 g/mol. The zero-order valence-corrected chi connectivity index (χ0v) is 10.0. The molecule has 2 rings (SSSR count). The quantitative estimate of drug-likeness (QED) is 0.809. The highest BCUT2D eigenvalue weighted by Crippen LogP contribution is 2.13. The topological polar surface area (TPSA) is 29.1 Å². The average molecular weight is 236 g/mol. The predicted molar refractivity (Wildman–Crippen MR) is 73.6 cm³/mol. The summed E-state index contributed by atoms with van der Waals surface area (Å²) in [6.45, 7) is 3.70. The Balaban J connectivity index is 2.21. The predicted octanol–water partition coefficient (Wildman–Crippen LogP) is 3.47. The summed E-state index contributed by atoms with van der Waals surface area (Å²) in [6.07, 6.45) is 2.48. The first-order valence-corrected chi connectivity index (χ1v) is 5.78. The number of para-hydroxylation sites is 1. The molecule has 0 aromatic heterocycles. The molecule has 0 heterocycles. The van der Waals surface area contributed by atoms with E-state index in [4.69, 9.17) is 0 Å². The standard InChI is InChI=1S/C16H14NO/c1-2-8-13-9-6-7-12-15(13)16(18)17-14-10-4-3-5-11-14/h2-7,9-10,12H,1,8H2,(H,17,18). The van der Waals surface area contributed by atoms with Crippen LogP contribution in [0.1, 0.15) is 15.9 Å². The first kappa shape index (κ1) is 12.1. The maximum atomic E-state index is 12.1. The van der Waals surface area contributed by atoms with E-state index in [0.717, 1.165) is 5.56 Å². The molecule has 0 atom stereocenters. The SMILES string of the molecule is C=CCc1ccccc1C(=O)Nc1[c]cccc1. The number of carbonyl (C=O) groups excluding carboxylic acids is 1. The molecule has 0 saturated heterocycles. The Hall–Kier alpha value is -2.35. The Morgan fingerprint density at radius 3 is 2.72 bits per heavy atom. The van der Waals surface area contributed by atoms with E-state index in [1.165, 1.54) is 0 Å². The Bertz CT molecular complexity index is 546. The van der Waals surface area contributed by atoms with Gasteiger partial charge >= 0.3 is 0 Å². The summed E-state index contributed by atoms with van der Waals surface area (Å²) in [4.78, 5) is 12.1. The molecule has 2 nitrogen and oxygen atoms in total. The van der Waals surface area contributed by atoms with Gasteiger partial charge in [-0.25, -0.2) is 0 Å². The molecule has 2 aromatic rings. The molecule has 1 radical (unpaired) electrons. The molecule has 0 saturated carbocycles. The fourth-order valence-corrected chi connectivity index (χ4v) is 1.74. The molecule has 18 heavy (non-hydrogen) atoms. The summed E-state index contributed by atoms with van der Waals surface area (Å²) >= 11 is 0. The Labute approximate surface area is 107 Å².